The lowest BCUT2D eigenvalue weighted by molar-refractivity contribution is -0.128. The van der Waals surface area contributed by atoms with Crippen LogP contribution < -0.4 is 15.4 Å². The molecular weight excluding hydrogens is 323 g/mol. The molecule has 0 aliphatic rings. The molecule has 132 valence electrons. The Morgan fingerprint density at radius 2 is 1.72 bits per heavy atom. The number of benzene rings is 2. The Morgan fingerprint density at radius 3 is 2.32 bits per heavy atom. The van der Waals surface area contributed by atoms with Crippen LogP contribution in [0.25, 0.3) is 0 Å². The smallest absolute Gasteiger partial charge is 0.267 e. The maximum Gasteiger partial charge on any atom is 0.267 e. The third-order valence-electron chi connectivity index (χ3n) is 3.79. The van der Waals surface area contributed by atoms with Crippen molar-refractivity contribution in [1.82, 2.24) is 5.32 Å². The highest BCUT2D eigenvalue weighted by molar-refractivity contribution is 6.01. The molecule has 0 spiro atoms. The van der Waals surface area contributed by atoms with Gasteiger partial charge in [-0.1, -0.05) is 6.07 Å². The summed E-state index contributed by atoms with van der Waals surface area (Å²) in [6.07, 6.45) is 0. The molecule has 0 fully saturated rings. The van der Waals surface area contributed by atoms with E-state index in [9.17, 15) is 14.0 Å². The summed E-state index contributed by atoms with van der Waals surface area (Å²) in [5, 5.41) is 5.35. The largest absolute Gasteiger partial charge is 0.478 e. The van der Waals surface area contributed by atoms with Gasteiger partial charge in [-0.3, -0.25) is 9.59 Å². The van der Waals surface area contributed by atoms with Crippen LogP contribution >= 0.6 is 0 Å². The van der Waals surface area contributed by atoms with Gasteiger partial charge in [-0.05, 0) is 62.7 Å². The lowest BCUT2D eigenvalue weighted by Gasteiger charge is -2.26. The second kappa shape index (κ2) is 7.34. The first-order valence-corrected chi connectivity index (χ1v) is 7.82. The van der Waals surface area contributed by atoms with Gasteiger partial charge in [0.25, 0.3) is 11.8 Å². The molecule has 0 saturated heterocycles. The molecule has 0 aromatic heterocycles. The highest BCUT2D eigenvalue weighted by Gasteiger charge is 2.30. The molecule has 0 unspecified atom stereocenters. The first-order chi connectivity index (χ1) is 11.7. The molecule has 5 nitrogen and oxygen atoms in total. The lowest BCUT2D eigenvalue weighted by atomic mass is 10.0. The van der Waals surface area contributed by atoms with Crippen molar-refractivity contribution in [2.24, 2.45) is 0 Å². The molecule has 0 radical (unpaired) electrons. The van der Waals surface area contributed by atoms with Gasteiger partial charge < -0.3 is 15.4 Å². The molecule has 2 N–H and O–H groups in total. The third kappa shape index (κ3) is 4.35. The number of ether oxygens (including phenoxy) is 1. The fraction of sp³-hybridized carbons (Fsp3) is 0.263. The minimum absolute atomic E-state index is 0.226. The monoisotopic (exact) mass is 344 g/mol. The summed E-state index contributed by atoms with van der Waals surface area (Å²) < 4.78 is 18.6. The Morgan fingerprint density at radius 1 is 1.08 bits per heavy atom. The van der Waals surface area contributed by atoms with Gasteiger partial charge in [-0.15, -0.1) is 0 Å². The average Bonchev–Trinajstić information content (AvgIpc) is 2.58. The van der Waals surface area contributed by atoms with Crippen molar-refractivity contribution >= 4 is 17.5 Å². The van der Waals surface area contributed by atoms with Crippen LogP contribution in [-0.4, -0.2) is 24.5 Å². The highest BCUT2D eigenvalue weighted by Crippen LogP contribution is 2.23. The predicted octanol–water partition coefficient (Wildman–Crippen LogP) is 3.29. The quantitative estimate of drug-likeness (QED) is 0.875. The summed E-state index contributed by atoms with van der Waals surface area (Å²) in [7, 11) is 1.55. The van der Waals surface area contributed by atoms with Crippen LogP contribution in [0.1, 0.15) is 29.8 Å². The number of carbonyl (C=O) groups excluding carboxylic acids is 2. The Hall–Kier alpha value is -2.89. The van der Waals surface area contributed by atoms with Crippen LogP contribution in [0.2, 0.25) is 0 Å². The molecule has 0 atom stereocenters. The molecule has 0 bridgehead atoms. The van der Waals surface area contributed by atoms with E-state index in [1.807, 2.05) is 0 Å². The standard InChI is InChI=1S/C19H21FN2O3/c1-12-15(17(23)21-4)6-5-7-16(12)22-18(24)19(2,3)25-14-10-8-13(20)9-11-14/h5-11H,1-4H3,(H,21,23)(H,22,24). The van der Waals surface area contributed by atoms with Gasteiger partial charge in [0.2, 0.25) is 0 Å². The zero-order valence-electron chi connectivity index (χ0n) is 14.6. The van der Waals surface area contributed by atoms with E-state index in [4.69, 9.17) is 4.74 Å². The maximum atomic E-state index is 13.0. The van der Waals surface area contributed by atoms with Crippen LogP contribution in [0.15, 0.2) is 42.5 Å². The Balaban J connectivity index is 2.18. The molecule has 2 rings (SSSR count). The summed E-state index contributed by atoms with van der Waals surface area (Å²) in [6.45, 7) is 4.99. The first kappa shape index (κ1) is 18.4. The number of hydrogen-bond donors (Lipinski definition) is 2. The zero-order chi connectivity index (χ0) is 18.6. The van der Waals surface area contributed by atoms with E-state index in [0.717, 1.165) is 0 Å². The van der Waals surface area contributed by atoms with Crippen LogP contribution in [0.3, 0.4) is 0 Å². The van der Waals surface area contributed by atoms with Crippen LogP contribution in [0, 0.1) is 12.7 Å². The van der Waals surface area contributed by atoms with Crippen molar-refractivity contribution in [2.45, 2.75) is 26.4 Å². The number of anilines is 1. The second-order valence-electron chi connectivity index (χ2n) is 6.08. The van der Waals surface area contributed by atoms with Crippen molar-refractivity contribution in [2.75, 3.05) is 12.4 Å². The predicted molar refractivity (Wildman–Crippen MR) is 94.3 cm³/mol. The van der Waals surface area contributed by atoms with E-state index in [0.29, 0.717) is 22.6 Å². The van der Waals surface area contributed by atoms with E-state index >= 15 is 0 Å². The molecule has 25 heavy (non-hydrogen) atoms. The number of amides is 2. The number of halogens is 1. The molecule has 0 heterocycles. The van der Waals surface area contributed by atoms with Gasteiger partial charge >= 0.3 is 0 Å². The van der Waals surface area contributed by atoms with E-state index < -0.39 is 5.60 Å². The van der Waals surface area contributed by atoms with Crippen molar-refractivity contribution in [3.63, 3.8) is 0 Å². The molecule has 2 aromatic rings. The SMILES string of the molecule is CNC(=O)c1cccc(NC(=O)C(C)(C)Oc2ccc(F)cc2)c1C. The summed E-state index contributed by atoms with van der Waals surface area (Å²) in [5.41, 5.74) is 0.486. The minimum Gasteiger partial charge on any atom is -0.478 e. The minimum atomic E-state index is -1.19. The van der Waals surface area contributed by atoms with Gasteiger partial charge in [0, 0.05) is 18.3 Å². The Kier molecular flexibility index (Phi) is 5.41. The molecule has 0 aliphatic heterocycles. The topological polar surface area (TPSA) is 67.4 Å². The average molecular weight is 344 g/mol. The summed E-state index contributed by atoms with van der Waals surface area (Å²) in [6, 6.07) is 10.5. The Labute approximate surface area is 146 Å². The fourth-order valence-corrected chi connectivity index (χ4v) is 2.27. The van der Waals surface area contributed by atoms with Gasteiger partial charge in [-0.2, -0.15) is 0 Å². The van der Waals surface area contributed by atoms with E-state index in [-0.39, 0.29) is 17.6 Å². The van der Waals surface area contributed by atoms with E-state index in [1.54, 1.807) is 46.0 Å². The summed E-state index contributed by atoms with van der Waals surface area (Å²) >= 11 is 0. The molecule has 2 amide bonds. The lowest BCUT2D eigenvalue weighted by Crippen LogP contribution is -2.42. The van der Waals surface area contributed by atoms with Crippen LogP contribution in [0.5, 0.6) is 5.75 Å². The van der Waals surface area contributed by atoms with Gasteiger partial charge in [0.1, 0.15) is 11.6 Å². The number of rotatable bonds is 5. The van der Waals surface area contributed by atoms with Crippen LogP contribution in [0.4, 0.5) is 10.1 Å². The normalized spacial score (nSPS) is 10.9. The van der Waals surface area contributed by atoms with E-state index in [2.05, 4.69) is 10.6 Å². The summed E-state index contributed by atoms with van der Waals surface area (Å²) in [4.78, 5) is 24.5. The fourth-order valence-electron chi connectivity index (χ4n) is 2.27. The number of hydrogen-bond acceptors (Lipinski definition) is 3. The third-order valence-corrected chi connectivity index (χ3v) is 3.79. The van der Waals surface area contributed by atoms with Crippen LogP contribution in [-0.2, 0) is 4.79 Å². The van der Waals surface area contributed by atoms with Gasteiger partial charge in [-0.25, -0.2) is 4.39 Å². The Bertz CT molecular complexity index is 786. The second-order valence-corrected chi connectivity index (χ2v) is 6.08. The van der Waals surface area contributed by atoms with E-state index in [1.165, 1.54) is 24.3 Å². The maximum absolute atomic E-state index is 13.0. The van der Waals surface area contributed by atoms with Crippen molar-refractivity contribution in [1.29, 1.82) is 0 Å². The number of carbonyl (C=O) groups is 2. The summed E-state index contributed by atoms with van der Waals surface area (Å²) in [5.74, 6) is -0.599. The van der Waals surface area contributed by atoms with Gasteiger partial charge in [0.15, 0.2) is 5.60 Å². The molecule has 2 aromatic carbocycles. The zero-order valence-corrected chi connectivity index (χ0v) is 14.6. The van der Waals surface area contributed by atoms with Crippen molar-refractivity contribution in [3.8, 4) is 5.75 Å². The highest BCUT2D eigenvalue weighted by atomic mass is 19.1. The molecular formula is C19H21FN2O3. The van der Waals surface area contributed by atoms with Gasteiger partial charge in [0.05, 0.1) is 0 Å². The van der Waals surface area contributed by atoms with Crippen molar-refractivity contribution in [3.05, 3.63) is 59.4 Å². The molecule has 0 saturated carbocycles. The van der Waals surface area contributed by atoms with Crippen molar-refractivity contribution < 1.29 is 18.7 Å². The molecule has 6 heteroatoms. The number of nitrogens with one attached hydrogen (secondary N) is 2. The first-order valence-electron chi connectivity index (χ1n) is 7.82. The molecule has 0 aliphatic carbocycles.